The van der Waals surface area contributed by atoms with E-state index < -0.39 is 0 Å². The van der Waals surface area contributed by atoms with E-state index in [2.05, 4.69) is 26.5 Å². The molecule has 0 N–H and O–H groups in total. The highest BCUT2D eigenvalue weighted by Crippen LogP contribution is 2.26. The molecule has 2 aromatic heterocycles. The van der Waals surface area contributed by atoms with Crippen LogP contribution in [0.2, 0.25) is 0 Å². The van der Waals surface area contributed by atoms with Crippen LogP contribution >= 0.6 is 0 Å². The Hall–Kier alpha value is -3.09. The Morgan fingerprint density at radius 2 is 2.08 bits per heavy atom. The molecule has 7 nitrogen and oxygen atoms in total. The number of pyridine rings is 1. The van der Waals surface area contributed by atoms with Gasteiger partial charge in [0.1, 0.15) is 6.54 Å². The Morgan fingerprint density at radius 3 is 2.96 bits per heavy atom. The summed E-state index contributed by atoms with van der Waals surface area (Å²) in [5.41, 5.74) is 2.97. The number of para-hydroxylation sites is 1. The number of amides is 1. The van der Waals surface area contributed by atoms with Crippen LogP contribution in [0.5, 0.6) is 0 Å². The van der Waals surface area contributed by atoms with Crippen LogP contribution in [0.4, 0.5) is 5.69 Å². The van der Waals surface area contributed by atoms with Gasteiger partial charge >= 0.3 is 0 Å². The van der Waals surface area contributed by atoms with E-state index in [1.165, 1.54) is 10.4 Å². The number of carbonyl (C=O) groups is 1. The van der Waals surface area contributed by atoms with Gasteiger partial charge in [0.25, 0.3) is 5.91 Å². The molecule has 1 aliphatic rings. The average Bonchev–Trinajstić information content (AvgIpc) is 3.10. The van der Waals surface area contributed by atoms with Crippen molar-refractivity contribution in [3.63, 3.8) is 0 Å². The minimum atomic E-state index is -0.0303. The molecule has 7 heteroatoms. The van der Waals surface area contributed by atoms with Gasteiger partial charge in [0.15, 0.2) is 0 Å². The second kappa shape index (κ2) is 6.19. The molecule has 0 bridgehead atoms. The number of aromatic nitrogens is 5. The molecule has 0 saturated heterocycles. The standard InChI is InChI=1S/C17H16N6O/c24-16(22-10-4-7-13-5-1-2-8-15(13)22)12-23-20-17(19-21-23)14-6-3-9-18-11-14/h1-3,5-6,8-9,11H,4,7,10,12H2. The van der Waals surface area contributed by atoms with Crippen LogP contribution in [0.25, 0.3) is 11.4 Å². The lowest BCUT2D eigenvalue weighted by molar-refractivity contribution is -0.119. The van der Waals surface area contributed by atoms with Crippen molar-refractivity contribution in [2.45, 2.75) is 19.4 Å². The summed E-state index contributed by atoms with van der Waals surface area (Å²) in [6.07, 6.45) is 5.33. The molecular formula is C17H16N6O. The predicted octanol–water partition coefficient (Wildman–Crippen LogP) is 1.71. The van der Waals surface area contributed by atoms with E-state index in [-0.39, 0.29) is 12.5 Å². The number of hydrogen-bond acceptors (Lipinski definition) is 5. The molecule has 24 heavy (non-hydrogen) atoms. The molecule has 0 atom stereocenters. The first-order valence-electron chi connectivity index (χ1n) is 7.88. The number of hydrogen-bond donors (Lipinski definition) is 0. The zero-order chi connectivity index (χ0) is 16.4. The highest BCUT2D eigenvalue weighted by Gasteiger charge is 2.23. The van der Waals surface area contributed by atoms with E-state index in [0.29, 0.717) is 5.82 Å². The Balaban J connectivity index is 1.53. The van der Waals surface area contributed by atoms with Crippen molar-refractivity contribution in [3.05, 3.63) is 54.4 Å². The van der Waals surface area contributed by atoms with Crippen LogP contribution in [0.3, 0.4) is 0 Å². The summed E-state index contributed by atoms with van der Waals surface area (Å²) in [4.78, 5) is 19.8. The second-order valence-corrected chi connectivity index (χ2v) is 5.66. The Morgan fingerprint density at radius 1 is 1.17 bits per heavy atom. The summed E-state index contributed by atoms with van der Waals surface area (Å²) in [6.45, 7) is 0.793. The first-order valence-corrected chi connectivity index (χ1v) is 7.88. The minimum Gasteiger partial charge on any atom is -0.310 e. The molecule has 4 rings (SSSR count). The Kier molecular flexibility index (Phi) is 3.74. The fourth-order valence-electron chi connectivity index (χ4n) is 2.92. The first-order chi connectivity index (χ1) is 11.8. The summed E-state index contributed by atoms with van der Waals surface area (Å²) in [7, 11) is 0. The number of rotatable bonds is 3. The molecule has 1 aromatic carbocycles. The van der Waals surface area contributed by atoms with Gasteiger partial charge in [-0.25, -0.2) is 0 Å². The van der Waals surface area contributed by atoms with E-state index in [1.807, 2.05) is 35.2 Å². The van der Waals surface area contributed by atoms with Crippen molar-refractivity contribution in [1.29, 1.82) is 0 Å². The molecule has 0 fully saturated rings. The topological polar surface area (TPSA) is 76.8 Å². The van der Waals surface area contributed by atoms with Crippen molar-refractivity contribution in [1.82, 2.24) is 25.2 Å². The van der Waals surface area contributed by atoms with E-state index in [9.17, 15) is 4.79 Å². The summed E-state index contributed by atoms with van der Waals surface area (Å²) in [5.74, 6) is 0.437. The summed E-state index contributed by atoms with van der Waals surface area (Å²) < 4.78 is 0. The van der Waals surface area contributed by atoms with Gasteiger partial charge in [0, 0.05) is 30.2 Å². The van der Waals surface area contributed by atoms with Crippen LogP contribution in [0.1, 0.15) is 12.0 Å². The highest BCUT2D eigenvalue weighted by atomic mass is 16.2. The van der Waals surface area contributed by atoms with Crippen molar-refractivity contribution in [2.24, 2.45) is 0 Å². The molecule has 1 amide bonds. The zero-order valence-corrected chi connectivity index (χ0v) is 13.0. The van der Waals surface area contributed by atoms with Gasteiger partial charge in [-0.15, -0.1) is 10.2 Å². The number of anilines is 1. The molecule has 0 spiro atoms. The fraction of sp³-hybridized carbons (Fsp3) is 0.235. The summed E-state index contributed by atoms with van der Waals surface area (Å²) in [6, 6.07) is 11.7. The maximum absolute atomic E-state index is 12.7. The van der Waals surface area contributed by atoms with Crippen LogP contribution < -0.4 is 4.90 Å². The quantitative estimate of drug-likeness (QED) is 0.734. The smallest absolute Gasteiger partial charge is 0.250 e. The maximum Gasteiger partial charge on any atom is 0.250 e. The third-order valence-corrected chi connectivity index (χ3v) is 4.06. The third-order valence-electron chi connectivity index (χ3n) is 4.06. The number of aryl methyl sites for hydroxylation is 1. The van der Waals surface area contributed by atoms with Crippen LogP contribution in [-0.2, 0) is 17.8 Å². The molecule has 0 saturated carbocycles. The van der Waals surface area contributed by atoms with Crippen molar-refractivity contribution in [3.8, 4) is 11.4 Å². The average molecular weight is 320 g/mol. The molecule has 3 aromatic rings. The number of tetrazole rings is 1. The van der Waals surface area contributed by atoms with Crippen molar-refractivity contribution < 1.29 is 4.79 Å². The normalized spacial score (nSPS) is 13.6. The van der Waals surface area contributed by atoms with E-state index >= 15 is 0 Å². The SMILES string of the molecule is O=C(Cn1nnc(-c2cccnc2)n1)N1CCCc2ccccc21. The Labute approximate surface area is 138 Å². The number of benzene rings is 1. The van der Waals surface area contributed by atoms with E-state index in [0.717, 1.165) is 30.6 Å². The largest absolute Gasteiger partial charge is 0.310 e. The predicted molar refractivity (Wildman–Crippen MR) is 88.2 cm³/mol. The zero-order valence-electron chi connectivity index (χ0n) is 13.0. The molecule has 120 valence electrons. The van der Waals surface area contributed by atoms with Crippen LogP contribution in [0, 0.1) is 0 Å². The number of fused-ring (bicyclic) bond motifs is 1. The van der Waals surface area contributed by atoms with Gasteiger partial charge in [-0.2, -0.15) is 4.80 Å². The second-order valence-electron chi connectivity index (χ2n) is 5.66. The van der Waals surface area contributed by atoms with Gasteiger partial charge < -0.3 is 4.90 Å². The first kappa shape index (κ1) is 14.5. The lowest BCUT2D eigenvalue weighted by atomic mass is 10.0. The van der Waals surface area contributed by atoms with Crippen molar-refractivity contribution in [2.75, 3.05) is 11.4 Å². The molecule has 0 unspecified atom stereocenters. The summed E-state index contributed by atoms with van der Waals surface area (Å²) >= 11 is 0. The van der Waals surface area contributed by atoms with Crippen LogP contribution in [0.15, 0.2) is 48.8 Å². The monoisotopic (exact) mass is 320 g/mol. The van der Waals surface area contributed by atoms with Gasteiger partial charge in [0.2, 0.25) is 5.82 Å². The van der Waals surface area contributed by atoms with E-state index in [1.54, 1.807) is 12.4 Å². The third kappa shape index (κ3) is 2.76. The molecular weight excluding hydrogens is 304 g/mol. The molecule has 0 radical (unpaired) electrons. The minimum absolute atomic E-state index is 0.0303. The maximum atomic E-state index is 12.7. The van der Waals surface area contributed by atoms with Gasteiger partial charge in [-0.1, -0.05) is 18.2 Å². The van der Waals surface area contributed by atoms with Gasteiger partial charge in [-0.3, -0.25) is 9.78 Å². The highest BCUT2D eigenvalue weighted by molar-refractivity contribution is 5.94. The van der Waals surface area contributed by atoms with Crippen molar-refractivity contribution >= 4 is 11.6 Å². The van der Waals surface area contributed by atoms with Gasteiger partial charge in [0.05, 0.1) is 0 Å². The Bertz CT molecular complexity index is 860. The summed E-state index contributed by atoms with van der Waals surface area (Å²) in [5, 5.41) is 12.3. The lowest BCUT2D eigenvalue weighted by Gasteiger charge is -2.29. The number of carbonyl (C=O) groups excluding carboxylic acids is 1. The molecule has 1 aliphatic heterocycles. The fourth-order valence-corrected chi connectivity index (χ4v) is 2.92. The van der Waals surface area contributed by atoms with E-state index in [4.69, 9.17) is 0 Å². The molecule has 3 heterocycles. The van der Waals surface area contributed by atoms with Crippen LogP contribution in [-0.4, -0.2) is 37.6 Å². The number of nitrogens with zero attached hydrogens (tertiary/aromatic N) is 6. The lowest BCUT2D eigenvalue weighted by Crippen LogP contribution is -2.38. The molecule has 0 aliphatic carbocycles. The van der Waals surface area contributed by atoms with Gasteiger partial charge in [-0.05, 0) is 41.8 Å².